The summed E-state index contributed by atoms with van der Waals surface area (Å²) < 4.78 is 6.80. The number of amides is 4. The molecule has 0 aromatic rings. The molecule has 0 spiro atoms. The first-order chi connectivity index (χ1) is 10.5. The highest BCUT2D eigenvalue weighted by molar-refractivity contribution is 6.21. The minimum absolute atomic E-state index is 0.0548. The lowest BCUT2D eigenvalue weighted by molar-refractivity contribution is -0.520. The summed E-state index contributed by atoms with van der Waals surface area (Å²) in [5.41, 5.74) is 0. The van der Waals surface area contributed by atoms with Gasteiger partial charge >= 0.3 is 6.03 Å². The van der Waals surface area contributed by atoms with Gasteiger partial charge in [-0.2, -0.15) is 0 Å². The molecule has 3 aliphatic rings. The molecule has 22 heavy (non-hydrogen) atoms. The van der Waals surface area contributed by atoms with Crippen LogP contribution in [0.15, 0.2) is 4.99 Å². The van der Waals surface area contributed by atoms with E-state index in [1.54, 1.807) is 16.5 Å². The fourth-order valence-electron chi connectivity index (χ4n) is 2.74. The molecule has 2 fully saturated rings. The first-order valence-electron chi connectivity index (χ1n) is 7.08. The summed E-state index contributed by atoms with van der Waals surface area (Å²) in [5, 5.41) is 0. The summed E-state index contributed by atoms with van der Waals surface area (Å²) in [7, 11) is 3.00. The van der Waals surface area contributed by atoms with Crippen LogP contribution in [0.1, 0.15) is 0 Å². The minimum Gasteiger partial charge on any atom is -0.378 e. The van der Waals surface area contributed by atoms with Gasteiger partial charge in [-0.15, -0.1) is 0 Å². The van der Waals surface area contributed by atoms with Crippen LogP contribution < -0.4 is 0 Å². The van der Waals surface area contributed by atoms with Crippen molar-refractivity contribution < 1.29 is 23.7 Å². The molecule has 118 valence electrons. The van der Waals surface area contributed by atoms with Gasteiger partial charge in [0.2, 0.25) is 0 Å². The van der Waals surface area contributed by atoms with Crippen LogP contribution >= 0.6 is 0 Å². The molecule has 0 aromatic carbocycles. The van der Waals surface area contributed by atoms with E-state index in [2.05, 4.69) is 4.99 Å². The Bertz CT molecular complexity index is 593. The first-order valence-corrected chi connectivity index (χ1v) is 7.08. The molecule has 9 heteroatoms. The zero-order chi connectivity index (χ0) is 15.9. The maximum absolute atomic E-state index is 12.3. The van der Waals surface area contributed by atoms with Crippen LogP contribution in [0.4, 0.5) is 4.79 Å². The highest BCUT2D eigenvalue weighted by Crippen LogP contribution is 2.16. The SMILES string of the molecule is CN1C(=O)C2C(=NC=[N+]2CC(=O)N2CCOCC2)N(C)C1=O. The number of amidine groups is 1. The van der Waals surface area contributed by atoms with Gasteiger partial charge in [0.1, 0.15) is 0 Å². The summed E-state index contributed by atoms with van der Waals surface area (Å²) in [5.74, 6) is -0.0840. The van der Waals surface area contributed by atoms with E-state index in [1.165, 1.54) is 18.3 Å². The number of imide groups is 1. The maximum atomic E-state index is 12.3. The first kappa shape index (κ1) is 14.6. The summed E-state index contributed by atoms with van der Waals surface area (Å²) in [6.07, 6.45) is 1.46. The number of urea groups is 1. The summed E-state index contributed by atoms with van der Waals surface area (Å²) in [6.45, 7) is 2.22. The normalized spacial score (nSPS) is 25.2. The number of likely N-dealkylation sites (N-methyl/N-ethyl adjacent to an activating group) is 2. The van der Waals surface area contributed by atoms with Crippen LogP contribution in [-0.4, -0.2) is 102 Å². The highest BCUT2D eigenvalue weighted by Gasteiger charge is 2.50. The lowest BCUT2D eigenvalue weighted by Gasteiger charge is -2.31. The van der Waals surface area contributed by atoms with Crippen molar-refractivity contribution in [3.63, 3.8) is 0 Å². The fourth-order valence-corrected chi connectivity index (χ4v) is 2.74. The standard InChI is InChI=1S/C13H18N5O4/c1-15-11-10(12(20)16(2)13(15)21)18(8-14-11)7-9(19)17-3-5-22-6-4-17/h8,10H,3-7H2,1-2H3/q+1. The monoisotopic (exact) mass is 308 g/mol. The molecule has 0 bridgehead atoms. The van der Waals surface area contributed by atoms with E-state index >= 15 is 0 Å². The van der Waals surface area contributed by atoms with Crippen LogP contribution in [0, 0.1) is 0 Å². The number of hydrogen-bond donors (Lipinski definition) is 0. The minimum atomic E-state index is -0.710. The fraction of sp³-hybridized carbons (Fsp3) is 0.615. The molecular weight excluding hydrogens is 290 g/mol. The Kier molecular flexibility index (Phi) is 3.65. The Morgan fingerprint density at radius 2 is 2.00 bits per heavy atom. The van der Waals surface area contributed by atoms with Gasteiger partial charge in [0, 0.05) is 27.2 Å². The van der Waals surface area contributed by atoms with Crippen LogP contribution in [0.5, 0.6) is 0 Å². The van der Waals surface area contributed by atoms with E-state index in [4.69, 9.17) is 4.74 Å². The van der Waals surface area contributed by atoms with Gasteiger partial charge in [-0.3, -0.25) is 19.4 Å². The van der Waals surface area contributed by atoms with E-state index in [9.17, 15) is 14.4 Å². The number of fused-ring (bicyclic) bond motifs is 1. The van der Waals surface area contributed by atoms with E-state index in [0.717, 1.165) is 4.90 Å². The van der Waals surface area contributed by atoms with Crippen molar-refractivity contribution in [2.75, 3.05) is 46.9 Å². The van der Waals surface area contributed by atoms with Crippen LogP contribution in [-0.2, 0) is 14.3 Å². The van der Waals surface area contributed by atoms with Crippen molar-refractivity contribution in [2.24, 2.45) is 4.99 Å². The van der Waals surface area contributed by atoms with Gasteiger partial charge < -0.3 is 9.64 Å². The zero-order valence-electron chi connectivity index (χ0n) is 12.6. The number of nitrogens with zero attached hydrogens (tertiary/aromatic N) is 5. The van der Waals surface area contributed by atoms with Gasteiger partial charge in [0.15, 0.2) is 6.54 Å². The maximum Gasteiger partial charge on any atom is 0.333 e. The summed E-state index contributed by atoms with van der Waals surface area (Å²) in [4.78, 5) is 44.7. The smallest absolute Gasteiger partial charge is 0.333 e. The number of hydrogen-bond acceptors (Lipinski definition) is 5. The number of aliphatic imine (C=N–C) groups is 1. The highest BCUT2D eigenvalue weighted by atomic mass is 16.5. The number of carbonyl (C=O) groups excluding carboxylic acids is 3. The third kappa shape index (κ3) is 2.27. The molecular formula is C13H18N5O4+. The number of morpholine rings is 1. The molecule has 0 N–H and O–H groups in total. The van der Waals surface area contributed by atoms with E-state index in [0.29, 0.717) is 32.1 Å². The molecule has 9 nitrogen and oxygen atoms in total. The second-order valence-electron chi connectivity index (χ2n) is 5.41. The van der Waals surface area contributed by atoms with Crippen molar-refractivity contribution in [3.05, 3.63) is 0 Å². The van der Waals surface area contributed by atoms with Gasteiger partial charge in [-0.25, -0.2) is 9.37 Å². The lowest BCUT2D eigenvalue weighted by Crippen LogP contribution is -2.62. The van der Waals surface area contributed by atoms with Crippen molar-refractivity contribution in [2.45, 2.75) is 6.04 Å². The average molecular weight is 308 g/mol. The van der Waals surface area contributed by atoms with E-state index in [-0.39, 0.29) is 18.4 Å². The van der Waals surface area contributed by atoms with E-state index in [1.807, 2.05) is 0 Å². The Hall–Kier alpha value is -2.29. The summed E-state index contributed by atoms with van der Waals surface area (Å²) >= 11 is 0. The van der Waals surface area contributed by atoms with Crippen molar-refractivity contribution in [1.82, 2.24) is 14.7 Å². The number of ether oxygens (including phenoxy) is 1. The topological polar surface area (TPSA) is 85.5 Å². The molecule has 1 atom stereocenters. The van der Waals surface area contributed by atoms with Crippen molar-refractivity contribution in [3.8, 4) is 0 Å². The molecule has 2 saturated heterocycles. The van der Waals surface area contributed by atoms with Gasteiger partial charge in [0.05, 0.1) is 13.2 Å². The van der Waals surface area contributed by atoms with Crippen molar-refractivity contribution in [1.29, 1.82) is 0 Å². The molecule has 0 aromatic heterocycles. The Labute approximate surface area is 127 Å². The zero-order valence-corrected chi connectivity index (χ0v) is 12.6. The third-order valence-electron chi connectivity index (χ3n) is 4.08. The molecule has 0 radical (unpaired) electrons. The average Bonchev–Trinajstić information content (AvgIpc) is 2.95. The van der Waals surface area contributed by atoms with Gasteiger partial charge in [-0.05, 0) is 4.99 Å². The Morgan fingerprint density at radius 3 is 2.68 bits per heavy atom. The molecule has 3 heterocycles. The van der Waals surface area contributed by atoms with Crippen LogP contribution in [0.2, 0.25) is 0 Å². The predicted octanol–water partition coefficient (Wildman–Crippen LogP) is -1.81. The molecule has 0 aliphatic carbocycles. The summed E-state index contributed by atoms with van der Waals surface area (Å²) in [6, 6.07) is -1.13. The lowest BCUT2D eigenvalue weighted by atomic mass is 10.1. The Balaban J connectivity index is 1.73. The molecule has 3 aliphatic heterocycles. The van der Waals surface area contributed by atoms with Crippen LogP contribution in [0.25, 0.3) is 0 Å². The molecule has 3 rings (SSSR count). The predicted molar refractivity (Wildman–Crippen MR) is 75.7 cm³/mol. The van der Waals surface area contributed by atoms with Crippen LogP contribution in [0.3, 0.4) is 0 Å². The third-order valence-corrected chi connectivity index (χ3v) is 4.08. The molecule has 1 unspecified atom stereocenters. The Morgan fingerprint density at radius 1 is 1.32 bits per heavy atom. The van der Waals surface area contributed by atoms with E-state index < -0.39 is 12.1 Å². The quantitative estimate of drug-likeness (QED) is 0.563. The van der Waals surface area contributed by atoms with Gasteiger partial charge in [-0.1, -0.05) is 0 Å². The molecule has 4 amide bonds. The largest absolute Gasteiger partial charge is 0.378 e. The second kappa shape index (κ2) is 5.48. The number of rotatable bonds is 2. The number of carbonyl (C=O) groups is 3. The second-order valence-corrected chi connectivity index (χ2v) is 5.41. The van der Waals surface area contributed by atoms with Crippen molar-refractivity contribution >= 4 is 30.0 Å². The van der Waals surface area contributed by atoms with Gasteiger partial charge in [0.25, 0.3) is 30.0 Å². The molecule has 0 saturated carbocycles.